The molecule has 1 aromatic rings. The molecule has 1 aliphatic heterocycles. The Labute approximate surface area is 120 Å². The molecule has 1 saturated heterocycles. The molecule has 0 saturated carbocycles. The number of pyridine rings is 1. The highest BCUT2D eigenvalue weighted by Crippen LogP contribution is 2.02. The molecule has 20 heavy (non-hydrogen) atoms. The highest BCUT2D eigenvalue weighted by atomic mass is 16.5. The quantitative estimate of drug-likeness (QED) is 0.837. The maximum absolute atomic E-state index is 11.9. The van der Waals surface area contributed by atoms with Crippen LogP contribution in [0.15, 0.2) is 24.5 Å². The summed E-state index contributed by atoms with van der Waals surface area (Å²) in [6, 6.07) is 3.97. The second-order valence-corrected chi connectivity index (χ2v) is 5.25. The number of rotatable bonds is 6. The van der Waals surface area contributed by atoms with Gasteiger partial charge in [-0.2, -0.15) is 0 Å². The number of morpholine rings is 1. The van der Waals surface area contributed by atoms with E-state index in [9.17, 15) is 4.79 Å². The van der Waals surface area contributed by atoms with E-state index in [1.807, 2.05) is 12.1 Å². The summed E-state index contributed by atoms with van der Waals surface area (Å²) in [6.07, 6.45) is 4.82. The minimum absolute atomic E-state index is 0.0625. The fourth-order valence-corrected chi connectivity index (χ4v) is 2.29. The summed E-state index contributed by atoms with van der Waals surface area (Å²) < 4.78 is 5.32. The van der Waals surface area contributed by atoms with E-state index in [4.69, 9.17) is 4.74 Å². The first-order chi connectivity index (χ1) is 9.74. The van der Waals surface area contributed by atoms with E-state index in [1.165, 1.54) is 0 Å². The summed E-state index contributed by atoms with van der Waals surface area (Å²) >= 11 is 0. The molecule has 2 rings (SSSR count). The molecule has 0 bridgehead atoms. The van der Waals surface area contributed by atoms with Gasteiger partial charge in [-0.05, 0) is 25.0 Å². The van der Waals surface area contributed by atoms with Crippen molar-refractivity contribution in [2.75, 3.05) is 32.8 Å². The van der Waals surface area contributed by atoms with Crippen molar-refractivity contribution in [2.24, 2.45) is 0 Å². The fourth-order valence-electron chi connectivity index (χ4n) is 2.29. The number of carbonyl (C=O) groups excluding carboxylic acids is 1. The van der Waals surface area contributed by atoms with E-state index in [2.05, 4.69) is 22.1 Å². The van der Waals surface area contributed by atoms with Gasteiger partial charge in [-0.25, -0.2) is 0 Å². The molecule has 110 valence electrons. The molecule has 1 aliphatic rings. The minimum Gasteiger partial charge on any atom is -0.379 e. The number of hydrogen-bond acceptors (Lipinski definition) is 4. The number of ether oxygens (including phenoxy) is 1. The van der Waals surface area contributed by atoms with Gasteiger partial charge < -0.3 is 10.1 Å². The fraction of sp³-hybridized carbons (Fsp3) is 0.600. The highest BCUT2D eigenvalue weighted by Gasteiger charge is 2.13. The Morgan fingerprint density at radius 3 is 3.00 bits per heavy atom. The SMILES string of the molecule is C[C@H](CCN1CCOCC1)NC(=O)Cc1cccnc1. The Balaban J connectivity index is 1.65. The molecule has 1 N–H and O–H groups in total. The molecule has 0 aliphatic carbocycles. The predicted octanol–water partition coefficient (Wildman–Crippen LogP) is 0.851. The van der Waals surface area contributed by atoms with Crippen molar-refractivity contribution in [3.8, 4) is 0 Å². The van der Waals surface area contributed by atoms with Crippen LogP contribution in [0.25, 0.3) is 0 Å². The third-order valence-corrected chi connectivity index (χ3v) is 3.48. The lowest BCUT2D eigenvalue weighted by Gasteiger charge is -2.27. The van der Waals surface area contributed by atoms with Crippen molar-refractivity contribution >= 4 is 5.91 Å². The Hall–Kier alpha value is -1.46. The predicted molar refractivity (Wildman–Crippen MR) is 77.4 cm³/mol. The van der Waals surface area contributed by atoms with Gasteiger partial charge in [-0.1, -0.05) is 6.07 Å². The number of aromatic nitrogens is 1. The van der Waals surface area contributed by atoms with Crippen molar-refractivity contribution in [1.82, 2.24) is 15.2 Å². The molecule has 0 radical (unpaired) electrons. The molecule has 1 fully saturated rings. The Morgan fingerprint density at radius 1 is 1.50 bits per heavy atom. The van der Waals surface area contributed by atoms with Crippen molar-refractivity contribution < 1.29 is 9.53 Å². The van der Waals surface area contributed by atoms with E-state index < -0.39 is 0 Å². The van der Waals surface area contributed by atoms with E-state index in [1.54, 1.807) is 12.4 Å². The summed E-state index contributed by atoms with van der Waals surface area (Å²) in [5.74, 6) is 0.0625. The molecule has 0 spiro atoms. The Bertz CT molecular complexity index is 405. The largest absolute Gasteiger partial charge is 0.379 e. The van der Waals surface area contributed by atoms with Crippen LogP contribution in [0.2, 0.25) is 0 Å². The molecular weight excluding hydrogens is 254 g/mol. The summed E-state index contributed by atoms with van der Waals surface area (Å²) in [5.41, 5.74) is 0.949. The van der Waals surface area contributed by atoms with E-state index in [0.717, 1.165) is 44.8 Å². The van der Waals surface area contributed by atoms with Gasteiger partial charge in [0.1, 0.15) is 0 Å². The van der Waals surface area contributed by atoms with Crippen LogP contribution in [0.4, 0.5) is 0 Å². The maximum atomic E-state index is 11.9. The molecule has 1 amide bonds. The molecule has 2 heterocycles. The summed E-state index contributed by atoms with van der Waals surface area (Å²) in [5, 5.41) is 3.04. The van der Waals surface area contributed by atoms with Crippen LogP contribution in [-0.4, -0.2) is 54.7 Å². The zero-order valence-electron chi connectivity index (χ0n) is 12.0. The van der Waals surface area contributed by atoms with Gasteiger partial charge in [0.15, 0.2) is 0 Å². The van der Waals surface area contributed by atoms with Crippen LogP contribution in [-0.2, 0) is 16.0 Å². The molecule has 0 aromatic carbocycles. The van der Waals surface area contributed by atoms with E-state index in [-0.39, 0.29) is 11.9 Å². The molecule has 0 unspecified atom stereocenters. The van der Waals surface area contributed by atoms with Crippen LogP contribution in [0.5, 0.6) is 0 Å². The number of hydrogen-bond donors (Lipinski definition) is 1. The normalized spacial score (nSPS) is 17.6. The van der Waals surface area contributed by atoms with Crippen LogP contribution >= 0.6 is 0 Å². The standard InChI is InChI=1S/C15H23N3O2/c1-13(4-6-18-7-9-20-10-8-18)17-15(19)11-14-3-2-5-16-12-14/h2-3,5,12-13H,4,6-11H2,1H3,(H,17,19)/t13-/m1/s1. The highest BCUT2D eigenvalue weighted by molar-refractivity contribution is 5.78. The molecule has 1 aromatic heterocycles. The van der Waals surface area contributed by atoms with Crippen molar-refractivity contribution in [3.05, 3.63) is 30.1 Å². The topological polar surface area (TPSA) is 54.5 Å². The molecular formula is C15H23N3O2. The second-order valence-electron chi connectivity index (χ2n) is 5.25. The number of carbonyl (C=O) groups is 1. The Kier molecular flexibility index (Phi) is 5.95. The first-order valence-electron chi connectivity index (χ1n) is 7.22. The van der Waals surface area contributed by atoms with Crippen LogP contribution in [0.1, 0.15) is 18.9 Å². The van der Waals surface area contributed by atoms with Crippen LogP contribution in [0.3, 0.4) is 0 Å². The average molecular weight is 277 g/mol. The molecule has 5 heteroatoms. The summed E-state index contributed by atoms with van der Waals surface area (Å²) in [6.45, 7) is 6.70. The van der Waals surface area contributed by atoms with Crippen molar-refractivity contribution in [2.45, 2.75) is 25.8 Å². The third kappa shape index (κ3) is 5.27. The van der Waals surface area contributed by atoms with Gasteiger partial charge in [0, 0.05) is 38.1 Å². The first-order valence-corrected chi connectivity index (χ1v) is 7.22. The van der Waals surface area contributed by atoms with Gasteiger partial charge in [0.2, 0.25) is 5.91 Å². The first kappa shape index (κ1) is 14.9. The van der Waals surface area contributed by atoms with Gasteiger partial charge in [-0.3, -0.25) is 14.7 Å². The van der Waals surface area contributed by atoms with Gasteiger partial charge in [-0.15, -0.1) is 0 Å². The summed E-state index contributed by atoms with van der Waals surface area (Å²) in [7, 11) is 0. The zero-order chi connectivity index (χ0) is 14.2. The Morgan fingerprint density at radius 2 is 2.30 bits per heavy atom. The monoisotopic (exact) mass is 277 g/mol. The third-order valence-electron chi connectivity index (χ3n) is 3.48. The number of nitrogens with zero attached hydrogens (tertiary/aromatic N) is 2. The van der Waals surface area contributed by atoms with Crippen LogP contribution in [0, 0.1) is 0 Å². The second kappa shape index (κ2) is 7.97. The summed E-state index contributed by atoms with van der Waals surface area (Å²) in [4.78, 5) is 18.3. The lowest BCUT2D eigenvalue weighted by atomic mass is 10.1. The smallest absolute Gasteiger partial charge is 0.224 e. The van der Waals surface area contributed by atoms with Crippen LogP contribution < -0.4 is 5.32 Å². The van der Waals surface area contributed by atoms with Crippen molar-refractivity contribution in [1.29, 1.82) is 0 Å². The van der Waals surface area contributed by atoms with Gasteiger partial charge in [0.25, 0.3) is 0 Å². The maximum Gasteiger partial charge on any atom is 0.224 e. The van der Waals surface area contributed by atoms with E-state index in [0.29, 0.717) is 6.42 Å². The number of nitrogens with one attached hydrogen (secondary N) is 1. The average Bonchev–Trinajstić information content (AvgIpc) is 2.47. The zero-order valence-corrected chi connectivity index (χ0v) is 12.0. The van der Waals surface area contributed by atoms with Gasteiger partial charge in [0.05, 0.1) is 19.6 Å². The number of amides is 1. The van der Waals surface area contributed by atoms with Gasteiger partial charge >= 0.3 is 0 Å². The van der Waals surface area contributed by atoms with E-state index >= 15 is 0 Å². The molecule has 1 atom stereocenters. The van der Waals surface area contributed by atoms with Crippen molar-refractivity contribution in [3.63, 3.8) is 0 Å². The lowest BCUT2D eigenvalue weighted by molar-refractivity contribution is -0.121. The lowest BCUT2D eigenvalue weighted by Crippen LogP contribution is -2.40. The minimum atomic E-state index is 0.0625. The molecule has 5 nitrogen and oxygen atoms in total.